The predicted octanol–water partition coefficient (Wildman–Crippen LogP) is 3.22. The van der Waals surface area contributed by atoms with Crippen LogP contribution in [0.3, 0.4) is 0 Å². The van der Waals surface area contributed by atoms with Gasteiger partial charge < -0.3 is 9.52 Å². The molecule has 1 N–H and O–H groups in total. The normalized spacial score (nSPS) is 10.6. The second-order valence-electron chi connectivity index (χ2n) is 4.25. The Balaban J connectivity index is 2.50. The van der Waals surface area contributed by atoms with Crippen LogP contribution in [0.15, 0.2) is 22.6 Å². The second-order valence-corrected chi connectivity index (χ2v) is 4.25. The number of aryl methyl sites for hydroxylation is 3. The van der Waals surface area contributed by atoms with Crippen LogP contribution in [0.1, 0.15) is 34.3 Å². The largest absolute Gasteiger partial charge is 0.475 e. The van der Waals surface area contributed by atoms with Gasteiger partial charge in [0, 0.05) is 5.56 Å². The molecular weight excluding hydrogens is 230 g/mol. The van der Waals surface area contributed by atoms with Gasteiger partial charge in [-0.05, 0) is 43.5 Å². The lowest BCUT2D eigenvalue weighted by Gasteiger charge is -2.01. The van der Waals surface area contributed by atoms with Gasteiger partial charge in [0.15, 0.2) is 0 Å². The van der Waals surface area contributed by atoms with Crippen LogP contribution in [0.2, 0.25) is 0 Å². The van der Waals surface area contributed by atoms with Crippen LogP contribution in [0, 0.1) is 13.8 Å². The van der Waals surface area contributed by atoms with E-state index in [0.29, 0.717) is 18.0 Å². The number of hydrogen-bond acceptors (Lipinski definition) is 3. The highest BCUT2D eigenvalue weighted by atomic mass is 16.4. The fraction of sp³-hybridized carbons (Fsp3) is 0.286. The van der Waals surface area contributed by atoms with Crippen molar-refractivity contribution in [1.82, 2.24) is 4.98 Å². The molecule has 4 heteroatoms. The number of benzene rings is 1. The van der Waals surface area contributed by atoms with Crippen LogP contribution in [0.25, 0.3) is 11.5 Å². The minimum absolute atomic E-state index is 0.0641. The minimum Gasteiger partial charge on any atom is -0.475 e. The fourth-order valence-corrected chi connectivity index (χ4v) is 1.76. The van der Waals surface area contributed by atoms with E-state index in [2.05, 4.69) is 4.98 Å². The summed E-state index contributed by atoms with van der Waals surface area (Å²) in [5, 5.41) is 9.02. The lowest BCUT2D eigenvalue weighted by molar-refractivity contribution is 0.0662. The Bertz CT molecular complexity index is 599. The standard InChI is InChI=1S/C14H15NO3/c1-4-11-12(14(16)17)18-13(15-11)10-6-5-8(2)9(3)7-10/h5-7H,4H2,1-3H3,(H,16,17). The van der Waals surface area contributed by atoms with E-state index in [9.17, 15) is 4.79 Å². The zero-order valence-electron chi connectivity index (χ0n) is 10.7. The highest BCUT2D eigenvalue weighted by Gasteiger charge is 2.19. The first-order valence-electron chi connectivity index (χ1n) is 5.83. The van der Waals surface area contributed by atoms with Crippen molar-refractivity contribution < 1.29 is 14.3 Å². The molecule has 0 bridgehead atoms. The smallest absolute Gasteiger partial charge is 0.373 e. The summed E-state index contributed by atoms with van der Waals surface area (Å²) in [4.78, 5) is 15.3. The Kier molecular flexibility index (Phi) is 3.19. The van der Waals surface area contributed by atoms with Gasteiger partial charge in [-0.15, -0.1) is 0 Å². The van der Waals surface area contributed by atoms with Gasteiger partial charge >= 0.3 is 5.97 Å². The number of carbonyl (C=O) groups is 1. The van der Waals surface area contributed by atoms with Crippen LogP contribution < -0.4 is 0 Å². The molecule has 0 unspecified atom stereocenters. The minimum atomic E-state index is -1.07. The van der Waals surface area contributed by atoms with E-state index < -0.39 is 5.97 Å². The molecule has 1 heterocycles. The number of oxazole rings is 1. The Morgan fingerprint density at radius 2 is 2.06 bits per heavy atom. The Morgan fingerprint density at radius 3 is 2.56 bits per heavy atom. The molecule has 18 heavy (non-hydrogen) atoms. The summed E-state index contributed by atoms with van der Waals surface area (Å²) in [5.41, 5.74) is 3.59. The van der Waals surface area contributed by atoms with Crippen molar-refractivity contribution in [3.05, 3.63) is 40.8 Å². The van der Waals surface area contributed by atoms with E-state index in [4.69, 9.17) is 9.52 Å². The summed E-state index contributed by atoms with van der Waals surface area (Å²) < 4.78 is 5.34. The van der Waals surface area contributed by atoms with E-state index in [0.717, 1.165) is 11.1 Å². The third-order valence-electron chi connectivity index (χ3n) is 2.98. The number of rotatable bonds is 3. The third kappa shape index (κ3) is 2.14. The summed E-state index contributed by atoms with van der Waals surface area (Å²) in [6.45, 7) is 5.88. The van der Waals surface area contributed by atoms with Gasteiger partial charge in [0.2, 0.25) is 11.7 Å². The molecule has 4 nitrogen and oxygen atoms in total. The van der Waals surface area contributed by atoms with Crippen LogP contribution in [-0.4, -0.2) is 16.1 Å². The lowest BCUT2D eigenvalue weighted by atomic mass is 10.1. The molecule has 0 aliphatic carbocycles. The van der Waals surface area contributed by atoms with Crippen molar-refractivity contribution in [2.24, 2.45) is 0 Å². The van der Waals surface area contributed by atoms with Gasteiger partial charge in [-0.1, -0.05) is 13.0 Å². The molecule has 2 rings (SSSR count). The number of aromatic carboxylic acids is 1. The van der Waals surface area contributed by atoms with Crippen molar-refractivity contribution in [1.29, 1.82) is 0 Å². The maximum Gasteiger partial charge on any atom is 0.373 e. The number of aromatic nitrogens is 1. The first kappa shape index (κ1) is 12.4. The maximum atomic E-state index is 11.0. The Morgan fingerprint density at radius 1 is 1.33 bits per heavy atom. The highest BCUT2D eigenvalue weighted by molar-refractivity contribution is 5.86. The summed E-state index contributed by atoms with van der Waals surface area (Å²) in [7, 11) is 0. The number of carboxylic acids is 1. The van der Waals surface area contributed by atoms with Crippen molar-refractivity contribution in [2.75, 3.05) is 0 Å². The lowest BCUT2D eigenvalue weighted by Crippen LogP contribution is -1.98. The number of carboxylic acid groups (broad SMARTS) is 1. The zero-order chi connectivity index (χ0) is 13.3. The third-order valence-corrected chi connectivity index (χ3v) is 2.98. The molecule has 0 spiro atoms. The summed E-state index contributed by atoms with van der Waals surface area (Å²) in [5.74, 6) is -0.771. The predicted molar refractivity (Wildman–Crippen MR) is 67.8 cm³/mol. The Labute approximate surface area is 105 Å². The molecule has 0 amide bonds. The average Bonchev–Trinajstić information content (AvgIpc) is 2.77. The molecule has 1 aromatic heterocycles. The van der Waals surface area contributed by atoms with Gasteiger partial charge in [-0.25, -0.2) is 9.78 Å². The SMILES string of the molecule is CCc1nc(-c2ccc(C)c(C)c2)oc1C(=O)O. The van der Waals surface area contributed by atoms with Crippen LogP contribution in [-0.2, 0) is 6.42 Å². The topological polar surface area (TPSA) is 63.3 Å². The quantitative estimate of drug-likeness (QED) is 0.901. The molecule has 2 aromatic rings. The van der Waals surface area contributed by atoms with Crippen molar-refractivity contribution in [3.63, 3.8) is 0 Å². The first-order chi connectivity index (χ1) is 8.52. The van der Waals surface area contributed by atoms with E-state index in [1.165, 1.54) is 5.56 Å². The highest BCUT2D eigenvalue weighted by Crippen LogP contribution is 2.24. The second kappa shape index (κ2) is 4.64. The molecular formula is C14H15NO3. The van der Waals surface area contributed by atoms with Crippen molar-refractivity contribution in [2.45, 2.75) is 27.2 Å². The average molecular weight is 245 g/mol. The molecule has 0 aliphatic rings. The zero-order valence-corrected chi connectivity index (χ0v) is 10.7. The van der Waals surface area contributed by atoms with E-state index >= 15 is 0 Å². The summed E-state index contributed by atoms with van der Waals surface area (Å²) >= 11 is 0. The fourth-order valence-electron chi connectivity index (χ4n) is 1.76. The molecule has 0 radical (unpaired) electrons. The maximum absolute atomic E-state index is 11.0. The van der Waals surface area contributed by atoms with Crippen molar-refractivity contribution >= 4 is 5.97 Å². The molecule has 0 fully saturated rings. The van der Waals surface area contributed by atoms with Gasteiger partial charge in [-0.2, -0.15) is 0 Å². The Hall–Kier alpha value is -2.10. The van der Waals surface area contributed by atoms with E-state index in [1.807, 2.05) is 39.0 Å². The van der Waals surface area contributed by atoms with E-state index in [-0.39, 0.29) is 5.76 Å². The number of hydrogen-bond donors (Lipinski definition) is 1. The van der Waals surface area contributed by atoms with Crippen molar-refractivity contribution in [3.8, 4) is 11.5 Å². The van der Waals surface area contributed by atoms with Gasteiger partial charge in [0.05, 0.1) is 5.69 Å². The molecule has 1 aromatic carbocycles. The van der Waals surface area contributed by atoms with E-state index in [1.54, 1.807) is 0 Å². The number of nitrogens with zero attached hydrogens (tertiary/aromatic N) is 1. The summed E-state index contributed by atoms with van der Waals surface area (Å²) in [6.07, 6.45) is 0.538. The first-order valence-corrected chi connectivity index (χ1v) is 5.83. The molecule has 0 aliphatic heterocycles. The molecule has 0 atom stereocenters. The molecule has 94 valence electrons. The molecule has 0 saturated carbocycles. The van der Waals surface area contributed by atoms with Crippen LogP contribution in [0.4, 0.5) is 0 Å². The monoisotopic (exact) mass is 245 g/mol. The van der Waals surface area contributed by atoms with Gasteiger partial charge in [0.1, 0.15) is 0 Å². The van der Waals surface area contributed by atoms with Gasteiger partial charge in [0.25, 0.3) is 0 Å². The van der Waals surface area contributed by atoms with Crippen LogP contribution in [0.5, 0.6) is 0 Å². The summed E-state index contributed by atoms with van der Waals surface area (Å²) in [6, 6.07) is 5.81. The van der Waals surface area contributed by atoms with Crippen LogP contribution >= 0.6 is 0 Å². The van der Waals surface area contributed by atoms with Gasteiger partial charge in [-0.3, -0.25) is 0 Å². The molecule has 0 saturated heterocycles.